The third-order valence-corrected chi connectivity index (χ3v) is 5.42. The van der Waals surface area contributed by atoms with Gasteiger partial charge in [0.15, 0.2) is 0 Å². The van der Waals surface area contributed by atoms with Gasteiger partial charge in [-0.2, -0.15) is 5.10 Å². The van der Waals surface area contributed by atoms with Crippen LogP contribution in [-0.4, -0.2) is 31.6 Å². The summed E-state index contributed by atoms with van der Waals surface area (Å²) in [6.07, 6.45) is 8.37. The van der Waals surface area contributed by atoms with Crippen molar-refractivity contribution in [3.63, 3.8) is 0 Å². The van der Waals surface area contributed by atoms with E-state index in [9.17, 15) is 4.79 Å². The summed E-state index contributed by atoms with van der Waals surface area (Å²) in [5.41, 5.74) is 5.63. The van der Waals surface area contributed by atoms with E-state index >= 15 is 0 Å². The number of imidazole rings is 1. The predicted molar refractivity (Wildman–Crippen MR) is 124 cm³/mol. The van der Waals surface area contributed by atoms with Crippen molar-refractivity contribution >= 4 is 11.6 Å². The first-order valence-corrected chi connectivity index (χ1v) is 10.6. The molecule has 0 unspecified atom stereocenters. The Bertz CT molecular complexity index is 1300. The molecule has 0 aliphatic heterocycles. The Morgan fingerprint density at radius 1 is 0.906 bits per heavy atom. The molecule has 0 fully saturated rings. The second-order valence-corrected chi connectivity index (χ2v) is 7.65. The molecule has 5 aromatic rings. The molecule has 1 N–H and O–H groups in total. The number of hydrogen-bond acceptors (Lipinski definition) is 3. The number of carbonyl (C=O) groups excluding carboxylic acids is 1. The maximum atomic E-state index is 12.9. The fraction of sp³-hybridized carbons (Fsp3) is 0.115. The average Bonchev–Trinajstić information content (AvgIpc) is 3.49. The number of nitrogens with zero attached hydrogens (tertiary/aromatic N) is 4. The minimum atomic E-state index is -0.0787. The summed E-state index contributed by atoms with van der Waals surface area (Å²) < 4.78 is 3.88. The number of nitrogens with one attached hydrogen (secondary N) is 1. The highest BCUT2D eigenvalue weighted by molar-refractivity contribution is 6.00. The maximum absolute atomic E-state index is 12.9. The minimum absolute atomic E-state index is 0.0787. The molecular weight excluding hydrogens is 398 g/mol. The van der Waals surface area contributed by atoms with E-state index in [0.29, 0.717) is 18.5 Å². The Kier molecular flexibility index (Phi) is 5.49. The van der Waals surface area contributed by atoms with Gasteiger partial charge in [0.2, 0.25) is 0 Å². The van der Waals surface area contributed by atoms with Crippen LogP contribution < -0.4 is 5.32 Å². The zero-order valence-electron chi connectivity index (χ0n) is 17.6. The largest absolute Gasteiger partial charge is 0.352 e. The smallest absolute Gasteiger partial charge is 0.251 e. The van der Waals surface area contributed by atoms with Crippen LogP contribution in [0.4, 0.5) is 0 Å². The first-order valence-electron chi connectivity index (χ1n) is 10.6. The van der Waals surface area contributed by atoms with Crippen molar-refractivity contribution in [2.45, 2.75) is 13.0 Å². The molecule has 6 heteroatoms. The molecule has 32 heavy (non-hydrogen) atoms. The van der Waals surface area contributed by atoms with Crippen LogP contribution in [0.25, 0.3) is 16.8 Å². The molecule has 0 saturated heterocycles. The van der Waals surface area contributed by atoms with Gasteiger partial charge in [0, 0.05) is 43.3 Å². The van der Waals surface area contributed by atoms with Crippen LogP contribution in [0.1, 0.15) is 21.6 Å². The Balaban J connectivity index is 1.26. The monoisotopic (exact) mass is 421 g/mol. The summed E-state index contributed by atoms with van der Waals surface area (Å²) in [5, 5.41) is 7.29. The SMILES string of the molecule is O=C(NCCc1cn2ccccc2n1)c1ccccc1-c1ccc(Cn2cccn2)cc1. The van der Waals surface area contributed by atoms with Crippen LogP contribution in [0.3, 0.4) is 0 Å². The highest BCUT2D eigenvalue weighted by Crippen LogP contribution is 2.24. The van der Waals surface area contributed by atoms with Gasteiger partial charge in [0.25, 0.3) is 5.91 Å². The molecule has 0 saturated carbocycles. The molecule has 6 nitrogen and oxygen atoms in total. The van der Waals surface area contributed by atoms with Crippen molar-refractivity contribution in [3.8, 4) is 11.1 Å². The van der Waals surface area contributed by atoms with Crippen LogP contribution in [0.2, 0.25) is 0 Å². The predicted octanol–water partition coefficient (Wildman–Crippen LogP) is 4.22. The lowest BCUT2D eigenvalue weighted by Gasteiger charge is -2.11. The van der Waals surface area contributed by atoms with Gasteiger partial charge in [-0.15, -0.1) is 0 Å². The van der Waals surface area contributed by atoms with Gasteiger partial charge in [0.05, 0.1) is 12.2 Å². The van der Waals surface area contributed by atoms with E-state index in [1.807, 2.05) is 76.2 Å². The minimum Gasteiger partial charge on any atom is -0.352 e. The Morgan fingerprint density at radius 3 is 2.56 bits per heavy atom. The molecule has 3 heterocycles. The van der Waals surface area contributed by atoms with E-state index in [4.69, 9.17) is 0 Å². The Labute approximate surface area is 186 Å². The first kappa shape index (κ1) is 19.8. The zero-order valence-corrected chi connectivity index (χ0v) is 17.6. The van der Waals surface area contributed by atoms with E-state index in [2.05, 4.69) is 39.7 Å². The van der Waals surface area contributed by atoms with Crippen molar-refractivity contribution in [3.05, 3.63) is 114 Å². The van der Waals surface area contributed by atoms with Gasteiger partial charge in [0.1, 0.15) is 5.65 Å². The van der Waals surface area contributed by atoms with Gasteiger partial charge in [-0.3, -0.25) is 9.48 Å². The summed E-state index contributed by atoms with van der Waals surface area (Å²) in [4.78, 5) is 17.5. The van der Waals surface area contributed by atoms with Crippen LogP contribution in [0, 0.1) is 0 Å². The molecule has 0 atom stereocenters. The summed E-state index contributed by atoms with van der Waals surface area (Å²) in [6.45, 7) is 1.25. The summed E-state index contributed by atoms with van der Waals surface area (Å²) in [5.74, 6) is -0.0787. The lowest BCUT2D eigenvalue weighted by molar-refractivity contribution is 0.0954. The third-order valence-electron chi connectivity index (χ3n) is 5.42. The number of fused-ring (bicyclic) bond motifs is 1. The molecule has 2 aromatic carbocycles. The molecule has 3 aromatic heterocycles. The second kappa shape index (κ2) is 8.89. The fourth-order valence-corrected chi connectivity index (χ4v) is 3.81. The number of aromatic nitrogens is 4. The molecule has 0 aliphatic rings. The van der Waals surface area contributed by atoms with Crippen LogP contribution in [0.5, 0.6) is 0 Å². The van der Waals surface area contributed by atoms with Crippen LogP contribution in [-0.2, 0) is 13.0 Å². The van der Waals surface area contributed by atoms with Gasteiger partial charge in [-0.05, 0) is 41.0 Å². The lowest BCUT2D eigenvalue weighted by Crippen LogP contribution is -2.26. The highest BCUT2D eigenvalue weighted by Gasteiger charge is 2.12. The summed E-state index contributed by atoms with van der Waals surface area (Å²) in [7, 11) is 0. The molecule has 0 aliphatic carbocycles. The van der Waals surface area contributed by atoms with Crippen molar-refractivity contribution in [2.75, 3.05) is 6.54 Å². The highest BCUT2D eigenvalue weighted by atomic mass is 16.1. The number of benzene rings is 2. The maximum Gasteiger partial charge on any atom is 0.251 e. The van der Waals surface area contributed by atoms with Crippen molar-refractivity contribution in [1.29, 1.82) is 0 Å². The van der Waals surface area contributed by atoms with Crippen LogP contribution in [0.15, 0.2) is 97.6 Å². The third kappa shape index (κ3) is 4.30. The van der Waals surface area contributed by atoms with Gasteiger partial charge >= 0.3 is 0 Å². The topological polar surface area (TPSA) is 64.2 Å². The van der Waals surface area contributed by atoms with Gasteiger partial charge in [-0.1, -0.05) is 48.5 Å². The molecular formula is C26H23N5O. The molecule has 1 amide bonds. The lowest BCUT2D eigenvalue weighted by atomic mass is 9.98. The van der Waals surface area contributed by atoms with Crippen molar-refractivity contribution in [2.24, 2.45) is 0 Å². The standard InChI is InChI=1S/C26H23N5O/c32-26(27-15-13-22-19-30-16-4-3-8-25(30)29-22)24-7-2-1-6-23(24)21-11-9-20(10-12-21)18-31-17-5-14-28-31/h1-12,14,16-17,19H,13,15,18H2,(H,27,32). The molecule has 0 spiro atoms. The van der Waals surface area contributed by atoms with E-state index in [1.165, 1.54) is 0 Å². The van der Waals surface area contributed by atoms with Gasteiger partial charge < -0.3 is 9.72 Å². The zero-order chi connectivity index (χ0) is 21.8. The van der Waals surface area contributed by atoms with E-state index in [-0.39, 0.29) is 5.91 Å². The van der Waals surface area contributed by atoms with E-state index < -0.39 is 0 Å². The quantitative estimate of drug-likeness (QED) is 0.428. The molecule has 0 radical (unpaired) electrons. The van der Waals surface area contributed by atoms with Crippen molar-refractivity contribution < 1.29 is 4.79 Å². The van der Waals surface area contributed by atoms with Gasteiger partial charge in [-0.25, -0.2) is 4.98 Å². The second-order valence-electron chi connectivity index (χ2n) is 7.65. The number of rotatable bonds is 7. The summed E-state index contributed by atoms with van der Waals surface area (Å²) in [6, 6.07) is 23.8. The van der Waals surface area contributed by atoms with Crippen LogP contribution >= 0.6 is 0 Å². The normalized spacial score (nSPS) is 11.0. The van der Waals surface area contributed by atoms with E-state index in [1.54, 1.807) is 6.20 Å². The number of hydrogen-bond donors (Lipinski definition) is 1. The molecule has 5 rings (SSSR count). The molecule has 0 bridgehead atoms. The number of pyridine rings is 1. The first-order chi connectivity index (χ1) is 15.8. The fourth-order valence-electron chi connectivity index (χ4n) is 3.81. The summed E-state index contributed by atoms with van der Waals surface area (Å²) >= 11 is 0. The van der Waals surface area contributed by atoms with E-state index in [0.717, 1.165) is 34.6 Å². The Morgan fingerprint density at radius 2 is 1.75 bits per heavy atom. The Hall–Kier alpha value is -4.19. The number of amides is 1. The average molecular weight is 422 g/mol. The molecule has 158 valence electrons. The number of carbonyl (C=O) groups is 1. The van der Waals surface area contributed by atoms with Crippen molar-refractivity contribution in [1.82, 2.24) is 24.5 Å².